The van der Waals surface area contributed by atoms with Gasteiger partial charge < -0.3 is 9.73 Å². The zero-order valence-electron chi connectivity index (χ0n) is 16.0. The normalized spacial score (nSPS) is 11.0. The number of aryl methyl sites for hydroxylation is 1. The molecular weight excluding hydrogens is 394 g/mol. The van der Waals surface area contributed by atoms with Crippen molar-refractivity contribution < 1.29 is 14.0 Å². The number of hydrazone groups is 1. The smallest absolute Gasteiger partial charge is 0.329 e. The summed E-state index contributed by atoms with van der Waals surface area (Å²) in [5.41, 5.74) is 5.53. The summed E-state index contributed by atoms with van der Waals surface area (Å²) in [4.78, 5) is 23.6. The molecule has 3 aromatic rings. The highest BCUT2D eigenvalue weighted by Crippen LogP contribution is 2.18. The van der Waals surface area contributed by atoms with Crippen LogP contribution in [0.1, 0.15) is 28.3 Å². The Labute approximate surface area is 172 Å². The summed E-state index contributed by atoms with van der Waals surface area (Å²) in [7, 11) is 0. The molecule has 0 bridgehead atoms. The number of halogens is 1. The van der Waals surface area contributed by atoms with E-state index in [-0.39, 0.29) is 6.54 Å². The second-order valence-electron chi connectivity index (χ2n) is 6.29. The molecule has 0 aliphatic heterocycles. The van der Waals surface area contributed by atoms with Crippen LogP contribution in [0.5, 0.6) is 0 Å². The van der Waals surface area contributed by atoms with Crippen LogP contribution in [0.15, 0.2) is 52.2 Å². The van der Waals surface area contributed by atoms with Crippen molar-refractivity contribution in [2.24, 2.45) is 5.10 Å². The lowest BCUT2D eigenvalue weighted by Gasteiger charge is -2.06. The van der Waals surface area contributed by atoms with Crippen molar-refractivity contribution in [2.75, 3.05) is 0 Å². The molecule has 2 heterocycles. The Morgan fingerprint density at radius 1 is 1.21 bits per heavy atom. The van der Waals surface area contributed by atoms with Gasteiger partial charge in [0.2, 0.25) is 0 Å². The molecule has 0 aliphatic carbocycles. The van der Waals surface area contributed by atoms with Gasteiger partial charge in [0.15, 0.2) is 0 Å². The molecule has 29 heavy (non-hydrogen) atoms. The summed E-state index contributed by atoms with van der Waals surface area (Å²) in [5, 5.41) is 11.5. The Balaban J connectivity index is 1.60. The molecule has 8 nitrogen and oxygen atoms in total. The van der Waals surface area contributed by atoms with Gasteiger partial charge in [0, 0.05) is 16.3 Å². The Bertz CT molecular complexity index is 1040. The van der Waals surface area contributed by atoms with E-state index in [0.29, 0.717) is 17.3 Å². The molecule has 150 valence electrons. The van der Waals surface area contributed by atoms with Crippen molar-refractivity contribution in [1.82, 2.24) is 20.5 Å². The van der Waals surface area contributed by atoms with Gasteiger partial charge in [-0.2, -0.15) is 10.2 Å². The van der Waals surface area contributed by atoms with Crippen molar-refractivity contribution in [3.63, 3.8) is 0 Å². The lowest BCUT2D eigenvalue weighted by molar-refractivity contribution is -0.139. The van der Waals surface area contributed by atoms with E-state index in [1.165, 1.54) is 12.5 Å². The molecule has 2 N–H and O–H groups in total. The second kappa shape index (κ2) is 9.20. The zero-order valence-corrected chi connectivity index (χ0v) is 16.7. The van der Waals surface area contributed by atoms with Crippen LogP contribution in [0.3, 0.4) is 0 Å². The van der Waals surface area contributed by atoms with E-state index in [4.69, 9.17) is 16.0 Å². The summed E-state index contributed by atoms with van der Waals surface area (Å²) in [5.74, 6) is -1.13. The quantitative estimate of drug-likeness (QED) is 0.368. The summed E-state index contributed by atoms with van der Waals surface area (Å²) < 4.78 is 6.90. The monoisotopic (exact) mass is 413 g/mol. The third kappa shape index (κ3) is 5.11. The molecule has 0 saturated heterocycles. The summed E-state index contributed by atoms with van der Waals surface area (Å²) >= 11 is 6.22. The van der Waals surface area contributed by atoms with E-state index in [9.17, 15) is 9.59 Å². The Kier molecular flexibility index (Phi) is 6.46. The minimum atomic E-state index is -0.869. The van der Waals surface area contributed by atoms with Crippen molar-refractivity contribution in [3.05, 3.63) is 76.0 Å². The third-order valence-electron chi connectivity index (χ3n) is 4.28. The number of benzene rings is 1. The molecule has 3 rings (SSSR count). The highest BCUT2D eigenvalue weighted by atomic mass is 35.5. The number of nitrogens with zero attached hydrogens (tertiary/aromatic N) is 3. The molecule has 0 aliphatic rings. The number of furan rings is 1. The van der Waals surface area contributed by atoms with E-state index >= 15 is 0 Å². The van der Waals surface area contributed by atoms with Crippen LogP contribution in [0.25, 0.3) is 0 Å². The van der Waals surface area contributed by atoms with Crippen molar-refractivity contribution in [2.45, 2.75) is 26.9 Å². The van der Waals surface area contributed by atoms with Gasteiger partial charge in [-0.05, 0) is 37.6 Å². The number of aromatic nitrogens is 2. The highest BCUT2D eigenvalue weighted by molar-refractivity contribution is 6.35. The predicted octanol–water partition coefficient (Wildman–Crippen LogP) is 2.56. The van der Waals surface area contributed by atoms with Crippen LogP contribution < -0.4 is 10.7 Å². The largest absolute Gasteiger partial charge is 0.467 e. The first-order chi connectivity index (χ1) is 14.0. The van der Waals surface area contributed by atoms with Gasteiger partial charge in [-0.15, -0.1) is 0 Å². The number of amides is 2. The predicted molar refractivity (Wildman–Crippen MR) is 109 cm³/mol. The number of nitrogens with one attached hydrogen (secondary N) is 2. The molecule has 0 radical (unpaired) electrons. The Hall–Kier alpha value is -3.39. The first-order valence-electron chi connectivity index (χ1n) is 8.86. The first-order valence-corrected chi connectivity index (χ1v) is 9.24. The van der Waals surface area contributed by atoms with Gasteiger partial charge in [0.1, 0.15) is 5.76 Å². The molecule has 0 fully saturated rings. The lowest BCUT2D eigenvalue weighted by Crippen LogP contribution is -2.37. The average Bonchev–Trinajstić information content (AvgIpc) is 3.31. The van der Waals surface area contributed by atoms with Gasteiger partial charge in [0.25, 0.3) is 0 Å². The molecular formula is C20H20ClN5O3. The average molecular weight is 414 g/mol. The number of carbonyl (C=O) groups excluding carboxylic acids is 2. The van der Waals surface area contributed by atoms with Crippen LogP contribution in [-0.4, -0.2) is 27.8 Å². The molecule has 0 atom stereocenters. The number of rotatable bonds is 6. The minimum Gasteiger partial charge on any atom is -0.467 e. The number of carbonyl (C=O) groups is 2. The maximum absolute atomic E-state index is 11.8. The van der Waals surface area contributed by atoms with Gasteiger partial charge in [-0.25, -0.2) is 5.43 Å². The van der Waals surface area contributed by atoms with E-state index < -0.39 is 11.8 Å². The van der Waals surface area contributed by atoms with Gasteiger partial charge in [-0.3, -0.25) is 14.3 Å². The summed E-state index contributed by atoms with van der Waals surface area (Å²) in [6, 6.07) is 11.0. The molecule has 0 unspecified atom stereocenters. The fourth-order valence-corrected chi connectivity index (χ4v) is 2.90. The zero-order chi connectivity index (χ0) is 20.8. The van der Waals surface area contributed by atoms with Crippen LogP contribution in [0.2, 0.25) is 5.02 Å². The standard InChI is InChI=1S/C20H20ClN5O3/c1-13-17(14(2)26(25-13)12-15-6-3-4-8-18(15)21)11-23-24-20(28)19(27)22-10-16-7-5-9-29-16/h3-9,11H,10,12H2,1-2H3,(H,22,27)(H,24,28)/b23-11+. The molecule has 2 amide bonds. The molecule has 0 spiro atoms. The first kappa shape index (κ1) is 20.3. The number of hydrogen-bond acceptors (Lipinski definition) is 5. The van der Waals surface area contributed by atoms with Crippen LogP contribution in [0, 0.1) is 13.8 Å². The van der Waals surface area contributed by atoms with Crippen LogP contribution in [0.4, 0.5) is 0 Å². The summed E-state index contributed by atoms with van der Waals surface area (Å²) in [6.07, 6.45) is 2.96. The van der Waals surface area contributed by atoms with Crippen molar-refractivity contribution >= 4 is 29.6 Å². The minimum absolute atomic E-state index is 0.121. The third-order valence-corrected chi connectivity index (χ3v) is 4.65. The summed E-state index contributed by atoms with van der Waals surface area (Å²) in [6.45, 7) is 4.38. The van der Waals surface area contributed by atoms with Gasteiger partial charge >= 0.3 is 11.8 Å². The van der Waals surface area contributed by atoms with E-state index in [1.54, 1.807) is 12.1 Å². The number of hydrogen-bond donors (Lipinski definition) is 2. The maximum Gasteiger partial charge on any atom is 0.329 e. The Morgan fingerprint density at radius 3 is 2.72 bits per heavy atom. The molecule has 0 saturated carbocycles. The maximum atomic E-state index is 11.8. The second-order valence-corrected chi connectivity index (χ2v) is 6.70. The lowest BCUT2D eigenvalue weighted by atomic mass is 10.2. The van der Waals surface area contributed by atoms with E-state index in [0.717, 1.165) is 22.5 Å². The van der Waals surface area contributed by atoms with Crippen LogP contribution in [-0.2, 0) is 22.7 Å². The van der Waals surface area contributed by atoms with E-state index in [1.807, 2.05) is 42.8 Å². The van der Waals surface area contributed by atoms with Gasteiger partial charge in [-0.1, -0.05) is 29.8 Å². The topological polar surface area (TPSA) is 102 Å². The fourth-order valence-electron chi connectivity index (χ4n) is 2.71. The molecule has 9 heteroatoms. The Morgan fingerprint density at radius 2 is 2.00 bits per heavy atom. The molecule has 1 aromatic carbocycles. The van der Waals surface area contributed by atoms with Crippen LogP contribution >= 0.6 is 11.6 Å². The van der Waals surface area contributed by atoms with Crippen molar-refractivity contribution in [1.29, 1.82) is 0 Å². The van der Waals surface area contributed by atoms with Gasteiger partial charge in [0.05, 0.1) is 31.3 Å². The van der Waals surface area contributed by atoms with Crippen molar-refractivity contribution in [3.8, 4) is 0 Å². The molecule has 2 aromatic heterocycles. The SMILES string of the molecule is Cc1nn(Cc2ccccc2Cl)c(C)c1/C=N/NC(=O)C(=O)NCc1ccco1. The highest BCUT2D eigenvalue weighted by Gasteiger charge is 2.14. The van der Waals surface area contributed by atoms with E-state index in [2.05, 4.69) is 20.9 Å². The fraction of sp³-hybridized carbons (Fsp3) is 0.200.